The smallest absolute Gasteiger partial charge is 0.327 e. The van der Waals surface area contributed by atoms with E-state index in [9.17, 15) is 9.59 Å². The lowest BCUT2D eigenvalue weighted by Crippen LogP contribution is -2.27. The topological polar surface area (TPSA) is 87.0 Å². The Hall–Kier alpha value is -1.93. The predicted octanol–water partition coefficient (Wildman–Crippen LogP) is 1.93. The Bertz CT molecular complexity index is 674. The van der Waals surface area contributed by atoms with Crippen LogP contribution in [-0.2, 0) is 14.3 Å². The van der Waals surface area contributed by atoms with Gasteiger partial charge >= 0.3 is 5.97 Å². The Morgan fingerprint density at radius 3 is 2.64 bits per heavy atom. The average Bonchev–Trinajstić information content (AvgIpc) is 2.93. The summed E-state index contributed by atoms with van der Waals surface area (Å²) in [6, 6.07) is 6.85. The zero-order valence-electron chi connectivity index (χ0n) is 11.9. The maximum absolute atomic E-state index is 11.8. The molecule has 0 radical (unpaired) electrons. The number of ketones is 1. The Balaban J connectivity index is 2.26. The van der Waals surface area contributed by atoms with E-state index in [-0.39, 0.29) is 12.4 Å². The zero-order chi connectivity index (χ0) is 16.1. The van der Waals surface area contributed by atoms with Crippen LogP contribution in [0.3, 0.4) is 0 Å². The fourth-order valence-corrected chi connectivity index (χ4v) is 2.61. The molecule has 0 bridgehead atoms. The molecule has 0 aliphatic carbocycles. The van der Waals surface area contributed by atoms with Gasteiger partial charge in [0.15, 0.2) is 11.0 Å². The van der Waals surface area contributed by atoms with E-state index in [1.54, 1.807) is 31.2 Å². The Morgan fingerprint density at radius 1 is 1.36 bits per heavy atom. The van der Waals surface area contributed by atoms with Gasteiger partial charge in [-0.2, -0.15) is 4.68 Å². The highest BCUT2D eigenvalue weighted by Gasteiger charge is 2.28. The summed E-state index contributed by atoms with van der Waals surface area (Å²) in [6.07, 6.45) is 0. The summed E-state index contributed by atoms with van der Waals surface area (Å²) in [4.78, 5) is 23.5. The number of halogens is 1. The van der Waals surface area contributed by atoms with Crippen LogP contribution in [-0.4, -0.2) is 43.8 Å². The lowest BCUT2D eigenvalue weighted by Gasteiger charge is -2.11. The quantitative estimate of drug-likeness (QED) is 0.451. The molecular formula is C13H13ClN4O3S. The zero-order valence-corrected chi connectivity index (χ0v) is 13.5. The molecule has 0 aliphatic heterocycles. The lowest BCUT2D eigenvalue weighted by molar-refractivity contribution is -0.144. The Labute approximate surface area is 136 Å². The van der Waals surface area contributed by atoms with Gasteiger partial charge in [0.1, 0.15) is 0 Å². The van der Waals surface area contributed by atoms with Crippen molar-refractivity contribution in [3.63, 3.8) is 0 Å². The number of carbonyl (C=O) groups excluding carboxylic acids is 2. The molecule has 1 aromatic heterocycles. The number of nitrogens with zero attached hydrogens (tertiary/aromatic N) is 4. The van der Waals surface area contributed by atoms with Crippen molar-refractivity contribution in [1.29, 1.82) is 0 Å². The monoisotopic (exact) mass is 340 g/mol. The molecule has 9 heteroatoms. The molecule has 0 amide bonds. The second-order valence-corrected chi connectivity index (χ2v) is 5.72. The van der Waals surface area contributed by atoms with Crippen LogP contribution in [0.15, 0.2) is 29.4 Å². The summed E-state index contributed by atoms with van der Waals surface area (Å²) in [6.45, 7) is 3.20. The summed E-state index contributed by atoms with van der Waals surface area (Å²) in [5.74, 6) is -0.931. The van der Waals surface area contributed by atoms with E-state index >= 15 is 0 Å². The standard InChI is InChI=1S/C13H13ClN4O3S/c1-3-21-12(20)11(8(2)19)22-13-15-16-17-18(13)10-6-4-9(14)5-7-10/h4-7,11H,3H2,1-2H3. The van der Waals surface area contributed by atoms with Crippen molar-refractivity contribution < 1.29 is 14.3 Å². The van der Waals surface area contributed by atoms with Crippen LogP contribution in [0.4, 0.5) is 0 Å². The molecule has 1 aromatic carbocycles. The summed E-state index contributed by atoms with van der Waals surface area (Å²) in [7, 11) is 0. The van der Waals surface area contributed by atoms with Crippen LogP contribution in [0.5, 0.6) is 0 Å². The van der Waals surface area contributed by atoms with Crippen molar-refractivity contribution in [3.05, 3.63) is 29.3 Å². The molecule has 1 unspecified atom stereocenters. The number of benzene rings is 1. The van der Waals surface area contributed by atoms with Gasteiger partial charge in [-0.15, -0.1) is 5.10 Å². The van der Waals surface area contributed by atoms with Crippen LogP contribution in [0.25, 0.3) is 5.69 Å². The third kappa shape index (κ3) is 3.83. The van der Waals surface area contributed by atoms with E-state index in [4.69, 9.17) is 16.3 Å². The number of hydrogen-bond donors (Lipinski definition) is 0. The minimum Gasteiger partial charge on any atom is -0.465 e. The first kappa shape index (κ1) is 16.4. The maximum atomic E-state index is 11.8. The number of ether oxygens (including phenoxy) is 1. The fraction of sp³-hybridized carbons (Fsp3) is 0.308. The SMILES string of the molecule is CCOC(=O)C(Sc1nnnn1-c1ccc(Cl)cc1)C(C)=O. The minimum absolute atomic E-state index is 0.200. The number of aromatic nitrogens is 4. The molecule has 0 spiro atoms. The fourth-order valence-electron chi connectivity index (χ4n) is 1.62. The van der Waals surface area contributed by atoms with E-state index < -0.39 is 11.2 Å². The lowest BCUT2D eigenvalue weighted by atomic mass is 10.3. The van der Waals surface area contributed by atoms with Gasteiger partial charge in [-0.05, 0) is 48.5 Å². The highest BCUT2D eigenvalue weighted by molar-refractivity contribution is 8.01. The molecule has 2 rings (SSSR count). The second kappa shape index (κ2) is 7.37. The minimum atomic E-state index is -1.00. The largest absolute Gasteiger partial charge is 0.465 e. The van der Waals surface area contributed by atoms with Gasteiger partial charge in [0, 0.05) is 5.02 Å². The second-order valence-electron chi connectivity index (χ2n) is 4.21. The normalized spacial score (nSPS) is 12.0. The molecular weight excluding hydrogens is 328 g/mol. The molecule has 2 aromatic rings. The number of Topliss-reactive ketones (excluding diaryl/α,β-unsaturated/α-hetero) is 1. The predicted molar refractivity (Wildman–Crippen MR) is 81.1 cm³/mol. The first-order valence-corrected chi connectivity index (χ1v) is 7.66. The van der Waals surface area contributed by atoms with Crippen molar-refractivity contribution in [2.45, 2.75) is 24.3 Å². The number of tetrazole rings is 1. The van der Waals surface area contributed by atoms with Gasteiger partial charge in [0.25, 0.3) is 0 Å². The molecule has 1 heterocycles. The maximum Gasteiger partial charge on any atom is 0.327 e. The number of esters is 1. The number of carbonyl (C=O) groups is 2. The third-order valence-electron chi connectivity index (χ3n) is 2.61. The molecule has 0 saturated carbocycles. The molecule has 0 aliphatic rings. The van der Waals surface area contributed by atoms with E-state index in [0.29, 0.717) is 15.9 Å². The summed E-state index contributed by atoms with van der Waals surface area (Å²) in [5, 5.41) is 11.2. The first-order valence-electron chi connectivity index (χ1n) is 6.41. The van der Waals surface area contributed by atoms with Crippen LogP contribution in [0.2, 0.25) is 5.02 Å². The average molecular weight is 341 g/mol. The van der Waals surface area contributed by atoms with E-state index in [1.807, 2.05) is 0 Å². The molecule has 22 heavy (non-hydrogen) atoms. The molecule has 0 saturated heterocycles. The van der Waals surface area contributed by atoms with Crippen molar-refractivity contribution in [2.75, 3.05) is 6.61 Å². The summed E-state index contributed by atoms with van der Waals surface area (Å²) in [5.41, 5.74) is 0.670. The first-order chi connectivity index (χ1) is 10.5. The van der Waals surface area contributed by atoms with Gasteiger partial charge in [0.2, 0.25) is 5.16 Å². The highest BCUT2D eigenvalue weighted by Crippen LogP contribution is 2.25. The molecule has 7 nitrogen and oxygen atoms in total. The van der Waals surface area contributed by atoms with E-state index in [1.165, 1.54) is 11.6 Å². The van der Waals surface area contributed by atoms with E-state index in [0.717, 1.165) is 11.8 Å². The molecule has 116 valence electrons. The highest BCUT2D eigenvalue weighted by atomic mass is 35.5. The van der Waals surface area contributed by atoms with Crippen LogP contribution >= 0.6 is 23.4 Å². The number of hydrogen-bond acceptors (Lipinski definition) is 7. The Morgan fingerprint density at radius 2 is 2.05 bits per heavy atom. The molecule has 1 atom stereocenters. The summed E-state index contributed by atoms with van der Waals surface area (Å²) < 4.78 is 6.33. The van der Waals surface area contributed by atoms with Gasteiger partial charge < -0.3 is 4.74 Å². The van der Waals surface area contributed by atoms with Crippen molar-refractivity contribution >= 4 is 35.1 Å². The van der Waals surface area contributed by atoms with Gasteiger partial charge in [-0.3, -0.25) is 9.59 Å². The number of thioether (sulfide) groups is 1. The number of rotatable bonds is 6. The van der Waals surface area contributed by atoms with Crippen molar-refractivity contribution in [3.8, 4) is 5.69 Å². The Kier molecular flexibility index (Phi) is 5.51. The van der Waals surface area contributed by atoms with E-state index in [2.05, 4.69) is 15.5 Å². The van der Waals surface area contributed by atoms with Crippen LogP contribution < -0.4 is 0 Å². The third-order valence-corrected chi connectivity index (χ3v) is 4.08. The van der Waals surface area contributed by atoms with Gasteiger partial charge in [0.05, 0.1) is 12.3 Å². The molecule has 0 N–H and O–H groups in total. The van der Waals surface area contributed by atoms with Crippen LogP contribution in [0.1, 0.15) is 13.8 Å². The summed E-state index contributed by atoms with van der Waals surface area (Å²) >= 11 is 6.79. The van der Waals surface area contributed by atoms with Gasteiger partial charge in [-0.25, -0.2) is 0 Å². The molecule has 0 fully saturated rings. The van der Waals surface area contributed by atoms with Gasteiger partial charge in [-0.1, -0.05) is 23.4 Å². The van der Waals surface area contributed by atoms with Crippen molar-refractivity contribution in [2.24, 2.45) is 0 Å². The van der Waals surface area contributed by atoms with Crippen LogP contribution in [0, 0.1) is 0 Å². The van der Waals surface area contributed by atoms with Crippen molar-refractivity contribution in [1.82, 2.24) is 20.2 Å².